The number of methoxy groups -OCH3 is 1. The van der Waals surface area contributed by atoms with Crippen molar-refractivity contribution in [1.82, 2.24) is 0 Å². The van der Waals surface area contributed by atoms with E-state index in [1.807, 2.05) is 55.5 Å². The lowest BCUT2D eigenvalue weighted by molar-refractivity contribution is -0.149. The van der Waals surface area contributed by atoms with Gasteiger partial charge in [0.15, 0.2) is 12.2 Å². The average molecular weight is 450 g/mol. The van der Waals surface area contributed by atoms with Gasteiger partial charge in [0, 0.05) is 12.2 Å². The minimum Gasteiger partial charge on any atom is -0.497 e. The van der Waals surface area contributed by atoms with Crippen LogP contribution >= 0.6 is 0 Å². The summed E-state index contributed by atoms with van der Waals surface area (Å²) in [4.78, 5) is 24.5. The fourth-order valence-electron chi connectivity index (χ4n) is 3.73. The molecule has 4 rings (SSSR count). The first-order chi connectivity index (χ1) is 16.0. The van der Waals surface area contributed by atoms with Crippen molar-refractivity contribution in [3.8, 4) is 5.75 Å². The zero-order valence-electron chi connectivity index (χ0n) is 18.5. The number of ether oxygens (including phenoxy) is 5. The van der Waals surface area contributed by atoms with E-state index in [4.69, 9.17) is 23.7 Å². The van der Waals surface area contributed by atoms with Gasteiger partial charge in [-0.25, -0.2) is 9.59 Å². The second-order valence-corrected chi connectivity index (χ2v) is 7.90. The van der Waals surface area contributed by atoms with Crippen molar-refractivity contribution in [3.63, 3.8) is 0 Å². The normalized spacial score (nSPS) is 24.2. The summed E-state index contributed by atoms with van der Waals surface area (Å²) in [5.74, 6) is -0.232. The van der Waals surface area contributed by atoms with Crippen molar-refractivity contribution in [2.24, 2.45) is 0 Å². The number of benzene rings is 2. The molecule has 2 aromatic rings. The summed E-state index contributed by atoms with van der Waals surface area (Å²) in [6.45, 7) is 2.38. The summed E-state index contributed by atoms with van der Waals surface area (Å²) < 4.78 is 27.6. The molecule has 0 amide bonds. The number of hydrogen-bond donors (Lipinski definition) is 0. The van der Waals surface area contributed by atoms with Crippen molar-refractivity contribution in [2.45, 2.75) is 31.3 Å². The first-order valence-electron chi connectivity index (χ1n) is 10.7. The quantitative estimate of drug-likeness (QED) is 0.473. The lowest BCUT2D eigenvalue weighted by atomic mass is 10.1. The molecule has 2 heterocycles. The maximum Gasteiger partial charge on any atom is 0.331 e. The van der Waals surface area contributed by atoms with Gasteiger partial charge in [-0.1, -0.05) is 42.0 Å². The van der Waals surface area contributed by atoms with E-state index in [-0.39, 0.29) is 13.2 Å². The van der Waals surface area contributed by atoms with E-state index in [0.29, 0.717) is 0 Å². The molecule has 0 saturated carbocycles. The summed E-state index contributed by atoms with van der Waals surface area (Å²) in [6.07, 6.45) is 4.05. The summed E-state index contributed by atoms with van der Waals surface area (Å²) >= 11 is 0. The van der Waals surface area contributed by atoms with Crippen LogP contribution in [0.25, 0.3) is 12.2 Å². The Morgan fingerprint density at radius 1 is 0.788 bits per heavy atom. The van der Waals surface area contributed by atoms with Gasteiger partial charge in [-0.2, -0.15) is 0 Å². The minimum absolute atomic E-state index is 0.185. The number of hydrogen-bond acceptors (Lipinski definition) is 7. The van der Waals surface area contributed by atoms with Crippen LogP contribution in [0.3, 0.4) is 0 Å². The Bertz CT molecular complexity index is 1020. The molecule has 2 aromatic carbocycles. The zero-order valence-corrected chi connectivity index (χ0v) is 18.5. The molecule has 0 radical (unpaired) electrons. The Morgan fingerprint density at radius 2 is 1.24 bits per heavy atom. The van der Waals surface area contributed by atoms with Crippen LogP contribution in [0.2, 0.25) is 0 Å². The average Bonchev–Trinajstić information content (AvgIpc) is 3.41. The van der Waals surface area contributed by atoms with Gasteiger partial charge in [0.05, 0.1) is 20.3 Å². The fourth-order valence-corrected chi connectivity index (χ4v) is 3.73. The maximum absolute atomic E-state index is 12.2. The van der Waals surface area contributed by atoms with E-state index in [1.165, 1.54) is 12.2 Å². The molecule has 2 fully saturated rings. The highest BCUT2D eigenvalue weighted by atomic mass is 16.7. The van der Waals surface area contributed by atoms with E-state index in [2.05, 4.69) is 0 Å². The van der Waals surface area contributed by atoms with Gasteiger partial charge in [-0.3, -0.25) is 0 Å². The van der Waals surface area contributed by atoms with Crippen LogP contribution in [-0.4, -0.2) is 56.7 Å². The Hall–Kier alpha value is -3.42. The topological polar surface area (TPSA) is 80.3 Å². The number of carbonyl (C=O) groups is 2. The van der Waals surface area contributed by atoms with Crippen LogP contribution in [-0.2, 0) is 28.5 Å². The first kappa shape index (κ1) is 22.8. The van der Waals surface area contributed by atoms with Gasteiger partial charge in [-0.15, -0.1) is 0 Å². The molecule has 2 aliphatic heterocycles. The van der Waals surface area contributed by atoms with E-state index < -0.39 is 36.4 Å². The third kappa shape index (κ3) is 5.88. The standard InChI is InChI=1S/C26H26O7/c1-17-3-5-18(6-4-17)9-13-23(27)32-21-15-30-26-22(16-31-25(21)26)33-24(28)14-10-19-7-11-20(29-2)12-8-19/h3-14,21-22,25-26H,15-16H2,1-2H3. The number of esters is 2. The van der Waals surface area contributed by atoms with Crippen LogP contribution in [0.15, 0.2) is 60.7 Å². The molecule has 33 heavy (non-hydrogen) atoms. The highest BCUT2D eigenvalue weighted by Crippen LogP contribution is 2.31. The highest BCUT2D eigenvalue weighted by Gasteiger charge is 2.50. The molecule has 4 unspecified atom stereocenters. The molecule has 0 spiro atoms. The Labute approximate surface area is 192 Å². The van der Waals surface area contributed by atoms with Gasteiger partial charge < -0.3 is 23.7 Å². The van der Waals surface area contributed by atoms with Crippen molar-refractivity contribution < 1.29 is 33.3 Å². The smallest absolute Gasteiger partial charge is 0.331 e. The molecule has 0 bridgehead atoms. The number of carbonyl (C=O) groups excluding carboxylic acids is 2. The third-order valence-corrected chi connectivity index (χ3v) is 5.51. The second kappa shape index (κ2) is 10.5. The molecular formula is C26H26O7. The molecule has 2 aliphatic rings. The van der Waals surface area contributed by atoms with E-state index in [9.17, 15) is 9.59 Å². The van der Waals surface area contributed by atoms with Gasteiger partial charge in [0.25, 0.3) is 0 Å². The van der Waals surface area contributed by atoms with Gasteiger partial charge >= 0.3 is 11.9 Å². The summed E-state index contributed by atoms with van der Waals surface area (Å²) in [6, 6.07) is 15.1. The van der Waals surface area contributed by atoms with Gasteiger partial charge in [0.2, 0.25) is 0 Å². The molecule has 0 N–H and O–H groups in total. The largest absolute Gasteiger partial charge is 0.497 e. The Balaban J connectivity index is 1.26. The van der Waals surface area contributed by atoms with Crippen molar-refractivity contribution in [1.29, 1.82) is 0 Å². The van der Waals surface area contributed by atoms with Crippen LogP contribution in [0.1, 0.15) is 16.7 Å². The maximum atomic E-state index is 12.2. The molecule has 7 heteroatoms. The summed E-state index contributed by atoms with van der Waals surface area (Å²) in [7, 11) is 1.60. The highest BCUT2D eigenvalue weighted by molar-refractivity contribution is 5.87. The predicted molar refractivity (Wildman–Crippen MR) is 121 cm³/mol. The molecule has 172 valence electrons. The third-order valence-electron chi connectivity index (χ3n) is 5.51. The lowest BCUT2D eigenvalue weighted by Crippen LogP contribution is -2.35. The van der Waals surface area contributed by atoms with E-state index in [0.717, 1.165) is 22.4 Å². The lowest BCUT2D eigenvalue weighted by Gasteiger charge is -2.16. The van der Waals surface area contributed by atoms with Crippen LogP contribution in [0.5, 0.6) is 5.75 Å². The molecule has 0 aromatic heterocycles. The Kier molecular flexibility index (Phi) is 7.22. The summed E-state index contributed by atoms with van der Waals surface area (Å²) in [5.41, 5.74) is 2.90. The van der Waals surface area contributed by atoms with Crippen LogP contribution < -0.4 is 4.74 Å². The number of rotatable bonds is 7. The monoisotopic (exact) mass is 450 g/mol. The van der Waals surface area contributed by atoms with E-state index >= 15 is 0 Å². The van der Waals surface area contributed by atoms with Gasteiger partial charge in [0.1, 0.15) is 18.0 Å². The predicted octanol–water partition coefficient (Wildman–Crippen LogP) is 3.35. The number of aryl methyl sites for hydroxylation is 1. The minimum atomic E-state index is -0.560. The SMILES string of the molecule is COc1ccc(C=CC(=O)OC2COC3C(OC(=O)C=Cc4ccc(C)cc4)COC23)cc1. The summed E-state index contributed by atoms with van der Waals surface area (Å²) in [5, 5.41) is 0. The molecule has 7 nitrogen and oxygen atoms in total. The second-order valence-electron chi connectivity index (χ2n) is 7.90. The Morgan fingerprint density at radius 3 is 1.70 bits per heavy atom. The van der Waals surface area contributed by atoms with E-state index in [1.54, 1.807) is 19.3 Å². The van der Waals surface area contributed by atoms with Crippen LogP contribution in [0, 0.1) is 6.92 Å². The van der Waals surface area contributed by atoms with Gasteiger partial charge in [-0.05, 0) is 42.3 Å². The van der Waals surface area contributed by atoms with Crippen LogP contribution in [0.4, 0.5) is 0 Å². The van der Waals surface area contributed by atoms with Crippen molar-refractivity contribution in [2.75, 3.05) is 20.3 Å². The van der Waals surface area contributed by atoms with Crippen molar-refractivity contribution in [3.05, 3.63) is 77.4 Å². The fraction of sp³-hybridized carbons (Fsp3) is 0.308. The molecular weight excluding hydrogens is 424 g/mol. The van der Waals surface area contributed by atoms with Crippen molar-refractivity contribution >= 4 is 24.1 Å². The first-order valence-corrected chi connectivity index (χ1v) is 10.7. The zero-order chi connectivity index (χ0) is 23.2. The molecule has 4 atom stereocenters. The molecule has 2 saturated heterocycles. The molecule has 0 aliphatic carbocycles. The number of fused-ring (bicyclic) bond motifs is 1.